The number of nitrogens with one attached hydrogen (secondary N) is 2. The Kier molecular flexibility index (Phi) is 8.76. The molecule has 1 aliphatic rings. The third-order valence-corrected chi connectivity index (χ3v) is 7.64. The highest BCUT2D eigenvalue weighted by atomic mass is 31.3. The van der Waals surface area contributed by atoms with Gasteiger partial charge in [0.2, 0.25) is 0 Å². The summed E-state index contributed by atoms with van der Waals surface area (Å²) in [7, 11) is -16.9. The first-order chi connectivity index (χ1) is 15.1. The van der Waals surface area contributed by atoms with Crippen LogP contribution < -0.4 is 16.6 Å². The Morgan fingerprint density at radius 2 is 1.76 bits per heavy atom. The van der Waals surface area contributed by atoms with Crippen LogP contribution in [-0.4, -0.2) is 70.8 Å². The van der Waals surface area contributed by atoms with Crippen molar-refractivity contribution in [3.05, 3.63) is 39.7 Å². The average molecular weight is 539 g/mol. The fraction of sp³-hybridized carbons (Fsp3) is 0.500. The third-order valence-electron chi connectivity index (χ3n) is 3.83. The number of aliphatic hydroxyl groups excluding tert-OH is 2. The quantitative estimate of drug-likeness (QED) is 0.113. The van der Waals surface area contributed by atoms with Crippen LogP contribution in [-0.2, 0) is 31.6 Å². The van der Waals surface area contributed by atoms with Gasteiger partial charge in [-0.25, -0.2) is 18.5 Å². The first-order valence-corrected chi connectivity index (χ1v) is 13.1. The molecule has 188 valence electrons. The number of H-pyrrole nitrogens is 1. The second-order valence-electron chi connectivity index (χ2n) is 6.31. The van der Waals surface area contributed by atoms with Gasteiger partial charge in [-0.3, -0.25) is 18.9 Å². The van der Waals surface area contributed by atoms with Gasteiger partial charge in [-0.1, -0.05) is 6.08 Å². The lowest BCUT2D eigenvalue weighted by molar-refractivity contribution is -0.0541. The minimum Gasteiger partial charge on any atom is -0.387 e. The van der Waals surface area contributed by atoms with Crippen molar-refractivity contribution in [1.82, 2.24) is 9.55 Å². The molecule has 21 heteroatoms. The van der Waals surface area contributed by atoms with Crippen LogP contribution in [0.3, 0.4) is 0 Å². The van der Waals surface area contributed by atoms with Gasteiger partial charge in [0.15, 0.2) is 6.23 Å². The van der Waals surface area contributed by atoms with Gasteiger partial charge in [0.05, 0.1) is 6.61 Å². The second kappa shape index (κ2) is 10.4. The number of ether oxygens (including phenoxy) is 1. The van der Waals surface area contributed by atoms with E-state index in [0.717, 1.165) is 6.20 Å². The lowest BCUT2D eigenvalue weighted by atomic mass is 10.1. The average Bonchev–Trinajstić information content (AvgIpc) is 2.91. The Bertz CT molecular complexity index is 1130. The van der Waals surface area contributed by atoms with Crippen LogP contribution in [0.1, 0.15) is 6.23 Å². The van der Waals surface area contributed by atoms with Crippen LogP contribution in [0.2, 0.25) is 0 Å². The third kappa shape index (κ3) is 7.77. The van der Waals surface area contributed by atoms with Gasteiger partial charge < -0.3 is 39.8 Å². The van der Waals surface area contributed by atoms with Gasteiger partial charge in [-0.2, -0.15) is 8.62 Å². The summed E-state index contributed by atoms with van der Waals surface area (Å²) in [6, 6.07) is 0. The van der Waals surface area contributed by atoms with Crippen molar-refractivity contribution in [2.24, 2.45) is 0 Å². The molecular formula is C12H20N3O15P3. The maximum absolute atomic E-state index is 12.1. The largest absolute Gasteiger partial charge is 0.490 e. The molecule has 0 bridgehead atoms. The van der Waals surface area contributed by atoms with E-state index in [1.807, 2.05) is 4.98 Å². The summed E-state index contributed by atoms with van der Waals surface area (Å²) in [4.78, 5) is 61.4. The highest BCUT2D eigenvalue weighted by Gasteiger charge is 2.46. The standard InChI is InChI=1S/C12H20N3O15P3/c1-2-3-13-6-4-15(12(19)14-10(6)18)11-9(17)8(16)7(28-11)5-27-32(23,24)30-33(25,26)29-31(20,21)22/h2,4,7-9,11,13,16-17H,1,3,5H2,(H,23,24)(H,25,26)(H,14,18,19)(H2,20,21,22)/t7-,8-,9-,11-/m1/s1. The molecule has 8 N–H and O–H groups in total. The van der Waals surface area contributed by atoms with Gasteiger partial charge in [0.1, 0.15) is 24.0 Å². The van der Waals surface area contributed by atoms with Crippen LogP contribution >= 0.6 is 23.5 Å². The van der Waals surface area contributed by atoms with Crippen LogP contribution in [0.25, 0.3) is 0 Å². The first kappa shape index (κ1) is 27.8. The molecule has 2 rings (SSSR count). The fourth-order valence-corrected chi connectivity index (χ4v) is 5.58. The van der Waals surface area contributed by atoms with Crippen LogP contribution in [0.15, 0.2) is 28.4 Å². The van der Waals surface area contributed by atoms with E-state index in [1.54, 1.807) is 0 Å². The molecular weight excluding hydrogens is 519 g/mol. The van der Waals surface area contributed by atoms with Gasteiger partial charge >= 0.3 is 29.2 Å². The minimum atomic E-state index is -5.76. The number of hydrogen-bond acceptors (Lipinski definition) is 12. The molecule has 33 heavy (non-hydrogen) atoms. The lowest BCUT2D eigenvalue weighted by Crippen LogP contribution is -2.38. The SMILES string of the molecule is C=CCNc1cn([C@@H]2O[C@H](COP(=O)(O)OP(=O)(O)OP(=O)(O)O)[C@@H](O)[C@H]2O)c(=O)[nH]c1=O. The predicted molar refractivity (Wildman–Crippen MR) is 106 cm³/mol. The van der Waals surface area contributed by atoms with Crippen molar-refractivity contribution in [1.29, 1.82) is 0 Å². The maximum Gasteiger partial charge on any atom is 0.490 e. The van der Waals surface area contributed by atoms with E-state index < -0.39 is 65.9 Å². The molecule has 6 atom stereocenters. The van der Waals surface area contributed by atoms with Crippen molar-refractivity contribution in [2.45, 2.75) is 24.5 Å². The topological polar surface area (TPSA) is 276 Å². The van der Waals surface area contributed by atoms with Crippen molar-refractivity contribution in [3.63, 3.8) is 0 Å². The molecule has 0 radical (unpaired) electrons. The predicted octanol–water partition coefficient (Wildman–Crippen LogP) is -1.90. The second-order valence-corrected chi connectivity index (χ2v) is 10.7. The zero-order valence-corrected chi connectivity index (χ0v) is 18.9. The van der Waals surface area contributed by atoms with Crippen molar-refractivity contribution in [3.8, 4) is 0 Å². The number of aliphatic hydroxyl groups is 2. The smallest absolute Gasteiger partial charge is 0.387 e. The van der Waals surface area contributed by atoms with Crippen LogP contribution in [0.4, 0.5) is 5.69 Å². The van der Waals surface area contributed by atoms with Crippen molar-refractivity contribution < 1.29 is 61.4 Å². The van der Waals surface area contributed by atoms with E-state index in [-0.39, 0.29) is 12.2 Å². The van der Waals surface area contributed by atoms with E-state index >= 15 is 0 Å². The van der Waals surface area contributed by atoms with E-state index in [4.69, 9.17) is 19.4 Å². The Hall–Kier alpha value is -1.49. The number of anilines is 1. The number of aromatic nitrogens is 2. The van der Waals surface area contributed by atoms with Gasteiger partial charge in [-0.05, 0) is 0 Å². The maximum atomic E-state index is 12.1. The summed E-state index contributed by atoms with van der Waals surface area (Å²) in [5.74, 6) is 0. The molecule has 2 unspecified atom stereocenters. The van der Waals surface area contributed by atoms with E-state index in [9.17, 15) is 38.4 Å². The molecule has 2 heterocycles. The zero-order chi connectivity index (χ0) is 25.2. The Labute approximate surface area is 183 Å². The molecule has 0 amide bonds. The monoisotopic (exact) mass is 539 g/mol. The zero-order valence-electron chi connectivity index (χ0n) is 16.2. The molecule has 1 aromatic heterocycles. The van der Waals surface area contributed by atoms with E-state index in [1.165, 1.54) is 6.08 Å². The van der Waals surface area contributed by atoms with Crippen molar-refractivity contribution >= 4 is 29.2 Å². The highest BCUT2D eigenvalue weighted by Crippen LogP contribution is 2.66. The molecule has 1 saturated heterocycles. The molecule has 0 aromatic carbocycles. The fourth-order valence-electron chi connectivity index (χ4n) is 2.55. The van der Waals surface area contributed by atoms with Crippen LogP contribution in [0, 0.1) is 0 Å². The number of nitrogens with zero attached hydrogens (tertiary/aromatic N) is 1. The normalized spacial score (nSPS) is 27.0. The summed E-state index contributed by atoms with van der Waals surface area (Å²) < 4.78 is 51.1. The summed E-state index contributed by atoms with van der Waals surface area (Å²) in [6.07, 6.45) is -4.46. The Balaban J connectivity index is 2.13. The number of hydrogen-bond donors (Lipinski definition) is 8. The van der Waals surface area contributed by atoms with Crippen LogP contribution in [0.5, 0.6) is 0 Å². The van der Waals surface area contributed by atoms with Gasteiger partial charge in [0.25, 0.3) is 5.56 Å². The molecule has 0 saturated carbocycles. The number of phosphoric acid groups is 3. The Morgan fingerprint density at radius 3 is 2.33 bits per heavy atom. The first-order valence-electron chi connectivity index (χ1n) is 8.55. The van der Waals surface area contributed by atoms with Gasteiger partial charge in [0, 0.05) is 12.7 Å². The summed E-state index contributed by atoms with van der Waals surface area (Å²) in [5.41, 5.74) is -1.94. The van der Waals surface area contributed by atoms with E-state index in [0.29, 0.717) is 4.57 Å². The minimum absolute atomic E-state index is 0.114. The number of rotatable bonds is 11. The van der Waals surface area contributed by atoms with E-state index in [2.05, 4.69) is 25.0 Å². The molecule has 1 aliphatic heterocycles. The molecule has 18 nitrogen and oxygen atoms in total. The molecule has 0 spiro atoms. The summed E-state index contributed by atoms with van der Waals surface area (Å²) in [6.45, 7) is 2.51. The summed E-state index contributed by atoms with van der Waals surface area (Å²) in [5, 5.41) is 22.9. The molecule has 1 fully saturated rings. The Morgan fingerprint density at radius 1 is 1.12 bits per heavy atom. The van der Waals surface area contributed by atoms with Gasteiger partial charge in [-0.15, -0.1) is 6.58 Å². The number of aromatic amines is 1. The molecule has 0 aliphatic carbocycles. The summed E-state index contributed by atoms with van der Waals surface area (Å²) >= 11 is 0. The number of phosphoric ester groups is 1. The van der Waals surface area contributed by atoms with Crippen molar-refractivity contribution in [2.75, 3.05) is 18.5 Å². The molecule has 1 aromatic rings. The lowest BCUT2D eigenvalue weighted by Gasteiger charge is -2.19. The highest BCUT2D eigenvalue weighted by molar-refractivity contribution is 7.66.